The van der Waals surface area contributed by atoms with Gasteiger partial charge in [0.1, 0.15) is 30.5 Å². The molecule has 2 aromatic carbocycles. The van der Waals surface area contributed by atoms with E-state index in [0.717, 1.165) is 6.29 Å². The normalized spacial score (nSPS) is 13.5. The lowest BCUT2D eigenvalue weighted by Crippen LogP contribution is -2.46. The summed E-state index contributed by atoms with van der Waals surface area (Å²) in [5, 5.41) is 14.6. The highest BCUT2D eigenvalue weighted by Gasteiger charge is 2.36. The number of nitrogens with zero attached hydrogens (tertiary/aromatic N) is 1. The first-order chi connectivity index (χ1) is 15.5. The van der Waals surface area contributed by atoms with E-state index >= 15 is 0 Å². The number of likely N-dealkylation sites (N-methyl/N-ethyl adjacent to an activating group) is 1. The molecule has 3 rings (SSSR count). The molecule has 3 N–H and O–H groups in total. The van der Waals surface area contributed by atoms with E-state index in [1.54, 1.807) is 24.3 Å². The van der Waals surface area contributed by atoms with Crippen molar-refractivity contribution < 1.29 is 28.6 Å². The zero-order valence-corrected chi connectivity index (χ0v) is 17.8. The number of halogens is 1. The molecule has 1 aliphatic heterocycles. The monoisotopic (exact) mass is 443 g/mol. The van der Waals surface area contributed by atoms with Crippen LogP contribution in [0.2, 0.25) is 0 Å². The van der Waals surface area contributed by atoms with Gasteiger partial charge in [0.15, 0.2) is 0 Å². The number of hydrogen-bond donors (Lipinski definition) is 3. The Labute approximate surface area is 185 Å². The van der Waals surface area contributed by atoms with Gasteiger partial charge in [0, 0.05) is 48.9 Å². The first-order valence-corrected chi connectivity index (χ1v) is 10.3. The van der Waals surface area contributed by atoms with Gasteiger partial charge in [-0.2, -0.15) is 0 Å². The fraction of sp³-hybridized carbons (Fsp3) is 0.348. The Kier molecular flexibility index (Phi) is 7.77. The number of rotatable bonds is 11. The molecule has 0 saturated heterocycles. The molecule has 0 aromatic heterocycles. The molecule has 170 valence electrons. The van der Waals surface area contributed by atoms with Crippen LogP contribution in [0.3, 0.4) is 0 Å². The Balaban J connectivity index is 1.79. The van der Waals surface area contributed by atoms with Crippen LogP contribution in [0, 0.1) is 5.82 Å². The summed E-state index contributed by atoms with van der Waals surface area (Å²) >= 11 is 0. The molecular weight excluding hydrogens is 417 g/mol. The van der Waals surface area contributed by atoms with Gasteiger partial charge >= 0.3 is 0 Å². The molecular formula is C23H26FN3O5. The van der Waals surface area contributed by atoms with E-state index in [-0.39, 0.29) is 51.0 Å². The molecule has 2 amide bonds. The minimum Gasteiger partial charge on any atom is -0.491 e. The molecule has 1 unspecified atom stereocenters. The fourth-order valence-corrected chi connectivity index (χ4v) is 3.72. The first-order valence-electron chi connectivity index (χ1n) is 10.3. The third-order valence-electron chi connectivity index (χ3n) is 5.33. The Bertz CT molecular complexity index is 998. The van der Waals surface area contributed by atoms with Crippen molar-refractivity contribution in [2.75, 3.05) is 25.6 Å². The summed E-state index contributed by atoms with van der Waals surface area (Å²) in [4.78, 5) is 37.6. The van der Waals surface area contributed by atoms with Gasteiger partial charge in [-0.25, -0.2) is 4.39 Å². The number of nitrogens with one attached hydrogen (secondary N) is 2. The van der Waals surface area contributed by atoms with Crippen molar-refractivity contribution >= 4 is 23.8 Å². The van der Waals surface area contributed by atoms with Crippen molar-refractivity contribution in [2.45, 2.75) is 32.0 Å². The molecule has 1 atom stereocenters. The predicted octanol–water partition coefficient (Wildman–Crippen LogP) is 1.86. The van der Waals surface area contributed by atoms with Gasteiger partial charge < -0.3 is 30.2 Å². The van der Waals surface area contributed by atoms with Gasteiger partial charge in [-0.1, -0.05) is 6.07 Å². The molecule has 1 heterocycles. The standard InChI is InChI=1S/C23H26FN3O5/c1-25-22(30)21(6-3-9-28)27-14-18-17(23(27)31)4-2-5-20(18)26-13-15-12-16(32-11-10-29)7-8-19(15)24/h2,4-5,7-9,12,21,26,29H,3,6,10-11,13-14H2,1H3,(H,25,30). The highest BCUT2D eigenvalue weighted by molar-refractivity contribution is 6.02. The van der Waals surface area contributed by atoms with E-state index < -0.39 is 11.9 Å². The zero-order chi connectivity index (χ0) is 23.1. The van der Waals surface area contributed by atoms with Gasteiger partial charge in [-0.05, 0) is 36.8 Å². The van der Waals surface area contributed by atoms with E-state index in [1.165, 1.54) is 24.1 Å². The number of ether oxygens (including phenoxy) is 1. The maximum atomic E-state index is 14.3. The second-order valence-electron chi connectivity index (χ2n) is 7.32. The van der Waals surface area contributed by atoms with Crippen LogP contribution < -0.4 is 15.4 Å². The Morgan fingerprint density at radius 3 is 2.88 bits per heavy atom. The first kappa shape index (κ1) is 23.2. The van der Waals surface area contributed by atoms with Crippen molar-refractivity contribution in [1.29, 1.82) is 0 Å². The molecule has 0 saturated carbocycles. The van der Waals surface area contributed by atoms with Crippen LogP contribution in [-0.4, -0.2) is 54.4 Å². The van der Waals surface area contributed by atoms with Gasteiger partial charge in [0.2, 0.25) is 5.91 Å². The summed E-state index contributed by atoms with van der Waals surface area (Å²) in [5.74, 6) is -0.578. The lowest BCUT2D eigenvalue weighted by atomic mass is 10.1. The number of fused-ring (bicyclic) bond motifs is 1. The second-order valence-corrected chi connectivity index (χ2v) is 7.32. The quantitative estimate of drug-likeness (QED) is 0.458. The number of hydrogen-bond acceptors (Lipinski definition) is 6. The fourth-order valence-electron chi connectivity index (χ4n) is 3.72. The Morgan fingerprint density at radius 1 is 1.34 bits per heavy atom. The van der Waals surface area contributed by atoms with E-state index in [2.05, 4.69) is 10.6 Å². The zero-order valence-electron chi connectivity index (χ0n) is 17.8. The third-order valence-corrected chi connectivity index (χ3v) is 5.33. The van der Waals surface area contributed by atoms with Gasteiger partial charge in [0.25, 0.3) is 5.91 Å². The molecule has 0 aliphatic carbocycles. The molecule has 0 spiro atoms. The third kappa shape index (κ3) is 5.05. The summed E-state index contributed by atoms with van der Waals surface area (Å²) in [6.07, 6.45) is 1.12. The van der Waals surface area contributed by atoms with Gasteiger partial charge in [-0.15, -0.1) is 0 Å². The molecule has 9 heteroatoms. The van der Waals surface area contributed by atoms with Crippen LogP contribution in [0.1, 0.15) is 34.3 Å². The average molecular weight is 443 g/mol. The van der Waals surface area contributed by atoms with E-state index in [4.69, 9.17) is 9.84 Å². The lowest BCUT2D eigenvalue weighted by molar-refractivity contribution is -0.125. The highest BCUT2D eigenvalue weighted by atomic mass is 19.1. The van der Waals surface area contributed by atoms with Crippen LogP contribution in [-0.2, 0) is 22.7 Å². The number of aldehydes is 1. The van der Waals surface area contributed by atoms with Crippen LogP contribution >= 0.6 is 0 Å². The average Bonchev–Trinajstić information content (AvgIpc) is 3.14. The summed E-state index contributed by atoms with van der Waals surface area (Å²) < 4.78 is 19.6. The molecule has 0 radical (unpaired) electrons. The van der Waals surface area contributed by atoms with Crippen molar-refractivity contribution in [3.05, 3.63) is 58.9 Å². The Morgan fingerprint density at radius 2 is 2.16 bits per heavy atom. The summed E-state index contributed by atoms with van der Waals surface area (Å²) in [5.41, 5.74) is 2.21. The predicted molar refractivity (Wildman–Crippen MR) is 116 cm³/mol. The van der Waals surface area contributed by atoms with Crippen LogP contribution in [0.5, 0.6) is 5.75 Å². The highest BCUT2D eigenvalue weighted by Crippen LogP contribution is 2.32. The van der Waals surface area contributed by atoms with E-state index in [0.29, 0.717) is 28.1 Å². The largest absolute Gasteiger partial charge is 0.491 e. The number of carbonyl (C=O) groups excluding carboxylic acids is 3. The van der Waals surface area contributed by atoms with Crippen molar-refractivity contribution in [3.63, 3.8) is 0 Å². The molecule has 2 aromatic rings. The van der Waals surface area contributed by atoms with Gasteiger partial charge in [-0.3, -0.25) is 9.59 Å². The number of anilines is 1. The van der Waals surface area contributed by atoms with Crippen LogP contribution in [0.25, 0.3) is 0 Å². The maximum absolute atomic E-state index is 14.3. The maximum Gasteiger partial charge on any atom is 0.255 e. The van der Waals surface area contributed by atoms with Crippen molar-refractivity contribution in [3.8, 4) is 5.75 Å². The summed E-state index contributed by atoms with van der Waals surface area (Å²) in [7, 11) is 1.49. The van der Waals surface area contributed by atoms with E-state index in [9.17, 15) is 18.8 Å². The van der Waals surface area contributed by atoms with Crippen LogP contribution in [0.4, 0.5) is 10.1 Å². The molecule has 0 bridgehead atoms. The SMILES string of the molecule is CNC(=O)C(CCC=O)N1Cc2c(NCc3cc(OCCO)ccc3F)cccc2C1=O. The van der Waals surface area contributed by atoms with E-state index in [1.807, 2.05) is 0 Å². The number of aliphatic hydroxyl groups excluding tert-OH is 1. The summed E-state index contributed by atoms with van der Waals surface area (Å²) in [6, 6.07) is 8.79. The van der Waals surface area contributed by atoms with Crippen molar-refractivity contribution in [1.82, 2.24) is 10.2 Å². The number of benzene rings is 2. The minimum atomic E-state index is -0.754. The number of amides is 2. The van der Waals surface area contributed by atoms with Crippen LogP contribution in [0.15, 0.2) is 36.4 Å². The number of carbonyl (C=O) groups is 3. The molecule has 1 aliphatic rings. The smallest absolute Gasteiger partial charge is 0.255 e. The summed E-state index contributed by atoms with van der Waals surface area (Å²) in [6.45, 7) is 0.321. The number of aliphatic hydroxyl groups is 1. The second kappa shape index (κ2) is 10.7. The minimum absolute atomic E-state index is 0.110. The van der Waals surface area contributed by atoms with Crippen molar-refractivity contribution in [2.24, 2.45) is 0 Å². The Hall–Kier alpha value is -3.46. The molecule has 0 fully saturated rings. The lowest BCUT2D eigenvalue weighted by Gasteiger charge is -2.25. The molecule has 32 heavy (non-hydrogen) atoms. The molecule has 8 nitrogen and oxygen atoms in total. The topological polar surface area (TPSA) is 108 Å². The van der Waals surface area contributed by atoms with Gasteiger partial charge in [0.05, 0.1) is 6.61 Å².